The van der Waals surface area contributed by atoms with Gasteiger partial charge in [-0.1, -0.05) is 20.8 Å². The van der Waals surface area contributed by atoms with Crippen LogP contribution in [0.5, 0.6) is 0 Å². The summed E-state index contributed by atoms with van der Waals surface area (Å²) < 4.78 is 5.61. The van der Waals surface area contributed by atoms with E-state index >= 15 is 0 Å². The smallest absolute Gasteiger partial charge is 0.247 e. The van der Waals surface area contributed by atoms with Gasteiger partial charge < -0.3 is 10.2 Å². The molecule has 4 nitrogen and oxygen atoms in total. The van der Waals surface area contributed by atoms with Gasteiger partial charge in [0, 0.05) is 16.7 Å². The molecule has 0 fully saturated rings. The van der Waals surface area contributed by atoms with Gasteiger partial charge in [-0.15, -0.1) is 10.2 Å². The zero-order valence-electron chi connectivity index (χ0n) is 9.69. The van der Waals surface area contributed by atoms with E-state index < -0.39 is 0 Å². The van der Waals surface area contributed by atoms with Crippen molar-refractivity contribution < 1.29 is 4.42 Å². The maximum absolute atomic E-state index is 5.61. The first kappa shape index (κ1) is 10.7. The van der Waals surface area contributed by atoms with E-state index in [1.54, 1.807) is 0 Å². The number of rotatable bonds is 1. The maximum atomic E-state index is 5.61. The third-order valence-electron chi connectivity index (χ3n) is 2.22. The number of nitrogen functional groups attached to an aromatic ring is 1. The number of nitrogens with two attached hydrogens (primary N) is 1. The maximum Gasteiger partial charge on any atom is 0.247 e. The monoisotopic (exact) mass is 217 g/mol. The first-order valence-electron chi connectivity index (χ1n) is 5.17. The highest BCUT2D eigenvalue weighted by Gasteiger charge is 2.21. The normalized spacial score (nSPS) is 11.7. The molecule has 0 atom stereocenters. The van der Waals surface area contributed by atoms with Gasteiger partial charge in [-0.3, -0.25) is 0 Å². The van der Waals surface area contributed by atoms with Crippen molar-refractivity contribution >= 4 is 5.69 Å². The minimum absolute atomic E-state index is 0.126. The first-order valence-corrected chi connectivity index (χ1v) is 5.17. The molecule has 0 saturated carbocycles. The Morgan fingerprint density at radius 3 is 2.19 bits per heavy atom. The summed E-state index contributed by atoms with van der Waals surface area (Å²) >= 11 is 0. The third-order valence-corrected chi connectivity index (χ3v) is 2.22. The molecule has 4 heteroatoms. The van der Waals surface area contributed by atoms with E-state index in [2.05, 4.69) is 10.2 Å². The van der Waals surface area contributed by atoms with Gasteiger partial charge >= 0.3 is 0 Å². The molecule has 0 amide bonds. The van der Waals surface area contributed by atoms with Crippen LogP contribution in [0.25, 0.3) is 11.5 Å². The fourth-order valence-electron chi connectivity index (χ4n) is 1.27. The van der Waals surface area contributed by atoms with E-state index in [9.17, 15) is 0 Å². The molecular weight excluding hydrogens is 202 g/mol. The molecule has 0 unspecified atom stereocenters. The van der Waals surface area contributed by atoms with Crippen molar-refractivity contribution in [1.29, 1.82) is 0 Å². The van der Waals surface area contributed by atoms with Crippen LogP contribution in [0.1, 0.15) is 26.7 Å². The Morgan fingerprint density at radius 1 is 1.06 bits per heavy atom. The average Bonchev–Trinajstić information content (AvgIpc) is 2.67. The van der Waals surface area contributed by atoms with Crippen LogP contribution >= 0.6 is 0 Å². The van der Waals surface area contributed by atoms with Gasteiger partial charge in [-0.2, -0.15) is 0 Å². The predicted molar refractivity (Wildman–Crippen MR) is 62.8 cm³/mol. The largest absolute Gasteiger partial charge is 0.420 e. The molecule has 2 N–H and O–H groups in total. The summed E-state index contributed by atoms with van der Waals surface area (Å²) in [6.45, 7) is 6.10. The van der Waals surface area contributed by atoms with Crippen LogP contribution in [0.15, 0.2) is 28.7 Å². The van der Waals surface area contributed by atoms with Crippen LogP contribution in [0.3, 0.4) is 0 Å². The zero-order chi connectivity index (χ0) is 11.8. The summed E-state index contributed by atoms with van der Waals surface area (Å²) in [5.74, 6) is 1.17. The molecule has 2 aromatic rings. The number of hydrogen-bond acceptors (Lipinski definition) is 4. The number of nitrogens with zero attached hydrogens (tertiary/aromatic N) is 2. The van der Waals surface area contributed by atoms with E-state index in [4.69, 9.17) is 10.2 Å². The van der Waals surface area contributed by atoms with Gasteiger partial charge in [0.25, 0.3) is 0 Å². The highest BCUT2D eigenvalue weighted by molar-refractivity contribution is 5.56. The van der Waals surface area contributed by atoms with Crippen LogP contribution < -0.4 is 5.73 Å². The predicted octanol–water partition coefficient (Wildman–Crippen LogP) is 2.62. The summed E-state index contributed by atoms with van der Waals surface area (Å²) in [4.78, 5) is 0. The molecule has 0 aliphatic rings. The number of hydrogen-bond donors (Lipinski definition) is 1. The van der Waals surface area contributed by atoms with Gasteiger partial charge in [0.1, 0.15) is 0 Å². The Bertz CT molecular complexity index is 480. The Hall–Kier alpha value is -1.84. The lowest BCUT2D eigenvalue weighted by molar-refractivity contribution is 0.399. The molecule has 1 aromatic carbocycles. The van der Waals surface area contributed by atoms with Crippen molar-refractivity contribution in [1.82, 2.24) is 10.2 Å². The van der Waals surface area contributed by atoms with Crippen molar-refractivity contribution in [2.24, 2.45) is 0 Å². The second-order valence-corrected chi connectivity index (χ2v) is 4.78. The van der Waals surface area contributed by atoms with Gasteiger partial charge in [-0.05, 0) is 24.3 Å². The second kappa shape index (κ2) is 3.63. The fourth-order valence-corrected chi connectivity index (χ4v) is 1.27. The van der Waals surface area contributed by atoms with Crippen molar-refractivity contribution in [3.05, 3.63) is 30.2 Å². The molecule has 1 heterocycles. The Balaban J connectivity index is 2.35. The van der Waals surface area contributed by atoms with Crippen LogP contribution in [0.2, 0.25) is 0 Å². The molecule has 0 saturated heterocycles. The zero-order valence-corrected chi connectivity index (χ0v) is 9.69. The molecule has 0 bridgehead atoms. The van der Waals surface area contributed by atoms with E-state index in [0.29, 0.717) is 11.8 Å². The molecule has 0 spiro atoms. The Kier molecular flexibility index (Phi) is 2.42. The molecule has 2 rings (SSSR count). The minimum atomic E-state index is -0.126. The highest BCUT2D eigenvalue weighted by Crippen LogP contribution is 2.25. The summed E-state index contributed by atoms with van der Waals surface area (Å²) in [5, 5.41) is 8.06. The van der Waals surface area contributed by atoms with Gasteiger partial charge in [0.2, 0.25) is 11.8 Å². The number of benzene rings is 1. The van der Waals surface area contributed by atoms with Crippen molar-refractivity contribution in [2.45, 2.75) is 26.2 Å². The summed E-state index contributed by atoms with van der Waals surface area (Å²) in [5.41, 5.74) is 7.09. The summed E-state index contributed by atoms with van der Waals surface area (Å²) in [6, 6.07) is 7.37. The molecule has 16 heavy (non-hydrogen) atoms. The van der Waals surface area contributed by atoms with Gasteiger partial charge in [0.05, 0.1) is 0 Å². The molecule has 0 aliphatic heterocycles. The van der Waals surface area contributed by atoms with E-state index in [-0.39, 0.29) is 5.41 Å². The van der Waals surface area contributed by atoms with Crippen LogP contribution in [-0.2, 0) is 5.41 Å². The molecular formula is C12H15N3O. The Labute approximate surface area is 94.5 Å². The van der Waals surface area contributed by atoms with Crippen LogP contribution in [0.4, 0.5) is 5.69 Å². The molecule has 0 aliphatic carbocycles. The quantitative estimate of drug-likeness (QED) is 0.746. The molecule has 84 valence electrons. The standard InChI is InChI=1S/C12H15N3O/c1-12(2,3)11-15-14-10(16-11)8-4-6-9(13)7-5-8/h4-7H,13H2,1-3H3. The molecule has 1 aromatic heterocycles. The number of aromatic nitrogens is 2. The van der Waals surface area contributed by atoms with E-state index in [1.807, 2.05) is 45.0 Å². The van der Waals surface area contributed by atoms with Gasteiger partial charge in [-0.25, -0.2) is 0 Å². The van der Waals surface area contributed by atoms with E-state index in [0.717, 1.165) is 11.3 Å². The topological polar surface area (TPSA) is 64.9 Å². The SMILES string of the molecule is CC(C)(C)c1nnc(-c2ccc(N)cc2)o1. The third kappa shape index (κ3) is 2.05. The first-order chi connectivity index (χ1) is 7.47. The summed E-state index contributed by atoms with van der Waals surface area (Å²) in [6.07, 6.45) is 0. The number of anilines is 1. The highest BCUT2D eigenvalue weighted by atomic mass is 16.4. The van der Waals surface area contributed by atoms with Crippen molar-refractivity contribution in [3.63, 3.8) is 0 Å². The minimum Gasteiger partial charge on any atom is -0.420 e. The van der Waals surface area contributed by atoms with Crippen LogP contribution in [-0.4, -0.2) is 10.2 Å². The van der Waals surface area contributed by atoms with Gasteiger partial charge in [0.15, 0.2) is 0 Å². The lowest BCUT2D eigenvalue weighted by Gasteiger charge is -2.10. The lowest BCUT2D eigenvalue weighted by atomic mass is 9.97. The lowest BCUT2D eigenvalue weighted by Crippen LogP contribution is -2.11. The summed E-state index contributed by atoms with van der Waals surface area (Å²) in [7, 11) is 0. The fraction of sp³-hybridized carbons (Fsp3) is 0.333. The van der Waals surface area contributed by atoms with Crippen molar-refractivity contribution in [3.8, 4) is 11.5 Å². The second-order valence-electron chi connectivity index (χ2n) is 4.78. The van der Waals surface area contributed by atoms with E-state index in [1.165, 1.54) is 0 Å². The average molecular weight is 217 g/mol. The Morgan fingerprint density at radius 2 is 1.69 bits per heavy atom. The van der Waals surface area contributed by atoms with Crippen molar-refractivity contribution in [2.75, 3.05) is 5.73 Å². The van der Waals surface area contributed by atoms with Crippen LogP contribution in [0, 0.1) is 0 Å². The molecule has 0 radical (unpaired) electrons.